The summed E-state index contributed by atoms with van der Waals surface area (Å²) < 4.78 is 121. The van der Waals surface area contributed by atoms with Crippen LogP contribution in [-0.4, -0.2) is 104 Å². The molecule has 0 aromatic rings. The molecule has 1 heterocycles. The third kappa shape index (κ3) is 25.0. The molecule has 0 unspecified atom stereocenters. The van der Waals surface area contributed by atoms with Crippen molar-refractivity contribution in [3.63, 3.8) is 0 Å². The molecule has 0 atom stereocenters. The van der Waals surface area contributed by atoms with E-state index >= 15 is 0 Å². The molecule has 1 rings (SSSR count). The predicted molar refractivity (Wildman–Crippen MR) is 128 cm³/mol. The molecule has 19 nitrogen and oxygen atoms in total. The third-order valence-electron chi connectivity index (χ3n) is 3.34. The Morgan fingerprint density at radius 1 is 0.647 bits per heavy atom. The summed E-state index contributed by atoms with van der Waals surface area (Å²) in [4.78, 5) is 88.2. The molecule has 51 heavy (non-hydrogen) atoms. The molecule has 0 saturated carbocycles. The second kappa shape index (κ2) is 32.6. The van der Waals surface area contributed by atoms with Gasteiger partial charge in [0.2, 0.25) is 5.91 Å². The Labute approximate surface area is 379 Å². The fourth-order valence-electron chi connectivity index (χ4n) is 1.06. The van der Waals surface area contributed by atoms with E-state index in [1.54, 1.807) is 0 Å². The van der Waals surface area contributed by atoms with E-state index in [1.807, 2.05) is 0 Å². The first-order chi connectivity index (χ1) is 18.4. The van der Waals surface area contributed by atoms with Gasteiger partial charge in [-0.1, -0.05) is 6.92 Å². The van der Waals surface area contributed by atoms with Gasteiger partial charge in [-0.3, -0.25) is 14.9 Å². The summed E-state index contributed by atoms with van der Waals surface area (Å²) in [6, 6.07) is 0. The zero-order valence-corrected chi connectivity index (χ0v) is 36.7. The molecule has 4 radical (unpaired) electrons. The van der Waals surface area contributed by atoms with Crippen LogP contribution in [0.15, 0.2) is 0 Å². The van der Waals surface area contributed by atoms with E-state index in [-0.39, 0.29) is 169 Å². The molecule has 1 saturated heterocycles. The minimum Gasteiger partial charge on any atom is -0.693 e. The van der Waals surface area contributed by atoms with Crippen molar-refractivity contribution in [1.82, 2.24) is 5.32 Å². The summed E-state index contributed by atoms with van der Waals surface area (Å²) in [5.41, 5.74) is 17.5. The number of carbonyl (C=O) groups is 9. The van der Waals surface area contributed by atoms with Gasteiger partial charge in [-0.2, -0.15) is 43.9 Å². The molecule has 0 aromatic carbocycles. The number of amides is 5. The first-order valence-corrected chi connectivity index (χ1v) is 9.14. The molecule has 33 heteroatoms. The largest absolute Gasteiger partial charge is 0.693 e. The normalized spacial score (nSPS) is 12.4. The predicted octanol–water partition coefficient (Wildman–Crippen LogP) is 1.12. The fourth-order valence-corrected chi connectivity index (χ4v) is 1.06. The van der Waals surface area contributed by atoms with Gasteiger partial charge in [0.1, 0.15) is 17.7 Å². The number of nitrogens with one attached hydrogen (secondary N) is 4. The zero-order valence-electron chi connectivity index (χ0n) is 25.4. The SMILES string of the molecule is CCC(=O)NC(=O)C(F)(F)C([NH-])=O.O.O.O=C1OC(=O)C(F)(F)C1(F)F.[CH3-].[CH3-].[NH-]C(=O)C(F)(F)C(=O)O.[NH-]C(=O)C(F)(F)C(=O)O.[NH2-].[Y].[Y].[Y].[Y]. The van der Waals surface area contributed by atoms with Gasteiger partial charge in [0, 0.05) is 137 Å². The number of nitrogens with two attached hydrogens (primary N) is 1. The maximum Gasteiger partial charge on any atom is 0.416 e. The van der Waals surface area contributed by atoms with Crippen LogP contribution in [0.4, 0.5) is 43.9 Å². The number of imide groups is 1. The Balaban J connectivity index is -0.0000000379. The van der Waals surface area contributed by atoms with E-state index in [0.29, 0.717) is 0 Å². The van der Waals surface area contributed by atoms with Crippen LogP contribution in [0.1, 0.15) is 13.3 Å². The number of hydrogen-bond acceptors (Lipinski definition) is 10. The Hall–Kier alpha value is -0.774. The average Bonchev–Trinajstić information content (AvgIpc) is 2.97. The van der Waals surface area contributed by atoms with Gasteiger partial charge in [0.25, 0.3) is 0 Å². The molecule has 292 valence electrons. The first-order valence-electron chi connectivity index (χ1n) is 9.14. The minimum atomic E-state index is -5.02. The molecular formula is C18H23F10N5O14Y4-6. The van der Waals surface area contributed by atoms with Crippen molar-refractivity contribution in [1.29, 1.82) is 0 Å². The Bertz CT molecular complexity index is 1080. The average molecular weight is 1080 g/mol. The van der Waals surface area contributed by atoms with Gasteiger partial charge < -0.3 is 78.5 Å². The van der Waals surface area contributed by atoms with Gasteiger partial charge >= 0.3 is 59.4 Å². The number of halogens is 10. The standard InChI is InChI=1S/C6H8F2N2O3.C4F4O3.2C3H3F2NO3.2CH3.H2N.2H2O.4Y/c1-2-3(11)10-5(13)6(7,8)4(9)12;5-3(6)1(9)11-2(10)4(3,7)8;2*4-3(5,1(6)7)2(8)9;;;;;;;;;/h2H2,1H3,(H3,9,10,11,12,13);;2*(H3,6,7,8,9);2*1H3;3*1H2;;;;/q;;;;3*-1;;;;;;/p-3. The van der Waals surface area contributed by atoms with Gasteiger partial charge in [0.05, 0.1) is 0 Å². The van der Waals surface area contributed by atoms with Crippen LogP contribution < -0.4 is 5.32 Å². The molecule has 0 bridgehead atoms. The number of carboxylic acids is 2. The number of hydrogen-bond donors (Lipinski definition) is 3. The van der Waals surface area contributed by atoms with E-state index in [2.05, 4.69) is 4.74 Å². The van der Waals surface area contributed by atoms with E-state index in [1.165, 1.54) is 12.2 Å². The number of carbonyl (C=O) groups excluding carboxylic acids is 7. The van der Waals surface area contributed by atoms with Crippen LogP contribution in [0, 0.1) is 14.9 Å². The van der Waals surface area contributed by atoms with Crippen molar-refractivity contribution in [2.45, 2.75) is 43.0 Å². The van der Waals surface area contributed by atoms with Crippen LogP contribution in [0.25, 0.3) is 23.4 Å². The van der Waals surface area contributed by atoms with Crippen LogP contribution in [0.3, 0.4) is 0 Å². The van der Waals surface area contributed by atoms with Crippen LogP contribution >= 0.6 is 0 Å². The second-order valence-corrected chi connectivity index (χ2v) is 6.38. The number of alkyl halides is 10. The molecule has 0 aromatic heterocycles. The molecule has 5 amide bonds. The number of aliphatic carboxylic acids is 2. The van der Waals surface area contributed by atoms with Gasteiger partial charge in [-0.25, -0.2) is 19.2 Å². The topological polar surface area (TPSA) is 383 Å². The van der Waals surface area contributed by atoms with E-state index in [0.717, 1.165) is 0 Å². The molecule has 12 N–H and O–H groups in total. The second-order valence-electron chi connectivity index (χ2n) is 6.38. The first kappa shape index (κ1) is 83.3. The number of esters is 2. The summed E-state index contributed by atoms with van der Waals surface area (Å²) in [7, 11) is 0. The van der Waals surface area contributed by atoms with Crippen molar-refractivity contribution < 1.29 is 244 Å². The quantitative estimate of drug-likeness (QED) is 0.140. The number of rotatable bonds is 7. The minimum absolute atomic E-state index is 0. The molecule has 1 fully saturated rings. The fraction of sp³-hybridized carbons (Fsp3) is 0.389. The van der Waals surface area contributed by atoms with E-state index in [9.17, 15) is 87.1 Å². The molecule has 0 spiro atoms. The van der Waals surface area contributed by atoms with Crippen molar-refractivity contribution in [2.75, 3.05) is 0 Å². The number of cyclic esters (lactones) is 2. The summed E-state index contributed by atoms with van der Waals surface area (Å²) in [5, 5.41) is 16.3. The van der Waals surface area contributed by atoms with Gasteiger partial charge in [-0.05, 0) is 0 Å². The van der Waals surface area contributed by atoms with Gasteiger partial charge in [-0.15, -0.1) is 0 Å². The van der Waals surface area contributed by atoms with E-state index in [4.69, 9.17) is 27.4 Å². The van der Waals surface area contributed by atoms with Crippen LogP contribution in [0.5, 0.6) is 0 Å². The third-order valence-corrected chi connectivity index (χ3v) is 3.34. The summed E-state index contributed by atoms with van der Waals surface area (Å²) in [5.74, 6) is -44.0. The molecule has 1 aliphatic heterocycles. The van der Waals surface area contributed by atoms with Crippen molar-refractivity contribution >= 4 is 53.4 Å². The molecular weight excluding hydrogens is 1060 g/mol. The number of carboxylic acid groups (broad SMARTS) is 2. The summed E-state index contributed by atoms with van der Waals surface area (Å²) >= 11 is 0. The summed E-state index contributed by atoms with van der Waals surface area (Å²) in [6.45, 7) is 1.35. The summed E-state index contributed by atoms with van der Waals surface area (Å²) in [6.07, 6.45) is -0.159. The van der Waals surface area contributed by atoms with E-state index < -0.39 is 83.0 Å². The molecule has 1 aliphatic rings. The smallest absolute Gasteiger partial charge is 0.416 e. The monoisotopic (exact) mass is 1080 g/mol. The van der Waals surface area contributed by atoms with Crippen molar-refractivity contribution in [2.24, 2.45) is 0 Å². The van der Waals surface area contributed by atoms with Crippen molar-refractivity contribution in [3.8, 4) is 0 Å². The Morgan fingerprint density at radius 3 is 0.961 bits per heavy atom. The Morgan fingerprint density at radius 2 is 0.863 bits per heavy atom. The van der Waals surface area contributed by atoms with Crippen LogP contribution in [-0.2, 0) is 179 Å². The number of ether oxygens (including phenoxy) is 1. The Kier molecular flexibility index (Phi) is 53.3. The maximum absolute atomic E-state index is 12.3. The zero-order chi connectivity index (χ0) is 34.8. The van der Waals surface area contributed by atoms with Crippen LogP contribution in [0.2, 0.25) is 0 Å². The maximum atomic E-state index is 12.3. The van der Waals surface area contributed by atoms with Crippen molar-refractivity contribution in [3.05, 3.63) is 38.2 Å². The molecule has 0 aliphatic carbocycles. The van der Waals surface area contributed by atoms with Gasteiger partial charge in [0.15, 0.2) is 0 Å².